The average molecular weight is 384 g/mol. The number of ether oxygens (including phenoxy) is 1. The summed E-state index contributed by atoms with van der Waals surface area (Å²) in [6, 6.07) is 13.5. The van der Waals surface area contributed by atoms with Crippen LogP contribution in [0.25, 0.3) is 0 Å². The molecule has 1 aliphatic heterocycles. The average Bonchev–Trinajstić information content (AvgIpc) is 3.01. The zero-order chi connectivity index (χ0) is 19.2. The molecule has 1 heterocycles. The van der Waals surface area contributed by atoms with Crippen LogP contribution in [-0.2, 0) is 11.2 Å². The fourth-order valence-electron chi connectivity index (χ4n) is 2.43. The number of carbonyl (C=O) groups is 1. The summed E-state index contributed by atoms with van der Waals surface area (Å²) in [7, 11) is 1.60. The second-order valence-electron chi connectivity index (χ2n) is 5.65. The molecule has 0 bridgehead atoms. The molecule has 0 saturated carbocycles. The van der Waals surface area contributed by atoms with E-state index < -0.39 is 4.92 Å². The highest BCUT2D eigenvalue weighted by molar-refractivity contribution is 8.15. The molecule has 27 heavy (non-hydrogen) atoms. The van der Waals surface area contributed by atoms with Gasteiger partial charge in [0.2, 0.25) is 5.91 Å². The van der Waals surface area contributed by atoms with Crippen LogP contribution in [0.5, 0.6) is 5.75 Å². The van der Waals surface area contributed by atoms with Crippen molar-refractivity contribution in [2.24, 2.45) is 10.2 Å². The van der Waals surface area contributed by atoms with Crippen LogP contribution in [0.15, 0.2) is 58.7 Å². The quantitative estimate of drug-likeness (QED) is 0.468. The van der Waals surface area contributed by atoms with Crippen molar-refractivity contribution in [1.82, 2.24) is 5.32 Å². The lowest BCUT2D eigenvalue weighted by atomic mass is 10.1. The number of benzene rings is 2. The summed E-state index contributed by atoms with van der Waals surface area (Å²) in [4.78, 5) is 22.3. The number of amides is 1. The van der Waals surface area contributed by atoms with Crippen molar-refractivity contribution in [3.05, 3.63) is 69.8 Å². The molecule has 1 saturated heterocycles. The number of nitro groups is 1. The zero-order valence-corrected chi connectivity index (χ0v) is 15.2. The second kappa shape index (κ2) is 8.45. The number of nitro benzene ring substituents is 1. The molecule has 1 amide bonds. The van der Waals surface area contributed by atoms with E-state index in [9.17, 15) is 14.9 Å². The maximum Gasteiger partial charge on any atom is 0.269 e. The van der Waals surface area contributed by atoms with Gasteiger partial charge >= 0.3 is 0 Å². The number of thioether (sulfide) groups is 1. The van der Waals surface area contributed by atoms with Gasteiger partial charge in [-0.25, -0.2) is 0 Å². The largest absolute Gasteiger partial charge is 0.497 e. The number of nitrogens with zero attached hydrogens (tertiary/aromatic N) is 3. The van der Waals surface area contributed by atoms with Gasteiger partial charge in [-0.1, -0.05) is 23.9 Å². The van der Waals surface area contributed by atoms with E-state index in [2.05, 4.69) is 15.5 Å². The summed E-state index contributed by atoms with van der Waals surface area (Å²) in [6.45, 7) is 0. The standard InChI is InChI=1S/C18H16N4O4S/c1-26-15-4-2-3-13(9-15)10-16-17(23)20-18(27-16)21-19-11-12-5-7-14(8-6-12)22(24)25/h2-9,11,16H,10H2,1H3,(H,20,21,23)/b19-11-/t16-/m0/s1. The third-order valence-corrected chi connectivity index (χ3v) is 4.86. The molecule has 9 heteroatoms. The Balaban J connectivity index is 1.61. The normalized spacial score (nSPS) is 18.0. The van der Waals surface area contributed by atoms with E-state index in [1.54, 1.807) is 19.2 Å². The molecule has 0 aromatic heterocycles. The Bertz CT molecular complexity index is 912. The molecule has 1 N–H and O–H groups in total. The Kier molecular flexibility index (Phi) is 5.82. The molecule has 0 aliphatic carbocycles. The predicted molar refractivity (Wildman–Crippen MR) is 104 cm³/mol. The highest BCUT2D eigenvalue weighted by Crippen LogP contribution is 2.24. The number of amidine groups is 1. The Labute approximate surface area is 159 Å². The molecular formula is C18H16N4O4S. The van der Waals surface area contributed by atoms with Crippen molar-refractivity contribution in [2.75, 3.05) is 7.11 Å². The van der Waals surface area contributed by atoms with Crippen LogP contribution in [0.3, 0.4) is 0 Å². The fraction of sp³-hybridized carbons (Fsp3) is 0.167. The van der Waals surface area contributed by atoms with Gasteiger partial charge in [0.15, 0.2) is 5.17 Å². The minimum absolute atomic E-state index is 0.0115. The van der Waals surface area contributed by atoms with Crippen LogP contribution in [0.2, 0.25) is 0 Å². The Morgan fingerprint density at radius 1 is 1.30 bits per heavy atom. The molecule has 0 radical (unpaired) electrons. The number of non-ortho nitro benzene ring substituents is 1. The lowest BCUT2D eigenvalue weighted by Gasteiger charge is -2.07. The van der Waals surface area contributed by atoms with Crippen LogP contribution in [0.1, 0.15) is 11.1 Å². The molecular weight excluding hydrogens is 368 g/mol. The Hall–Kier alpha value is -3.20. The monoisotopic (exact) mass is 384 g/mol. The lowest BCUT2D eigenvalue weighted by Crippen LogP contribution is -2.25. The fourth-order valence-corrected chi connectivity index (χ4v) is 3.40. The topological polar surface area (TPSA) is 106 Å². The third kappa shape index (κ3) is 4.91. The highest BCUT2D eigenvalue weighted by Gasteiger charge is 2.30. The van der Waals surface area contributed by atoms with Crippen LogP contribution < -0.4 is 10.1 Å². The summed E-state index contributed by atoms with van der Waals surface area (Å²) >= 11 is 1.31. The van der Waals surface area contributed by atoms with Crippen molar-refractivity contribution < 1.29 is 14.5 Å². The Morgan fingerprint density at radius 2 is 2.07 bits per heavy atom. The first kappa shape index (κ1) is 18.6. The Morgan fingerprint density at radius 3 is 2.78 bits per heavy atom. The van der Waals surface area contributed by atoms with E-state index in [0.717, 1.165) is 11.3 Å². The molecule has 1 aliphatic rings. The summed E-state index contributed by atoms with van der Waals surface area (Å²) < 4.78 is 5.20. The second-order valence-corrected chi connectivity index (χ2v) is 6.84. The van der Waals surface area contributed by atoms with E-state index in [4.69, 9.17) is 4.74 Å². The summed E-state index contributed by atoms with van der Waals surface area (Å²) in [5.74, 6) is 0.629. The van der Waals surface area contributed by atoms with Gasteiger partial charge in [-0.05, 0) is 41.8 Å². The summed E-state index contributed by atoms with van der Waals surface area (Å²) in [5, 5.41) is 21.4. The number of hydrogen-bond acceptors (Lipinski definition) is 7. The van der Waals surface area contributed by atoms with Gasteiger partial charge in [0, 0.05) is 12.1 Å². The molecule has 2 aromatic rings. The first-order chi connectivity index (χ1) is 13.0. The van der Waals surface area contributed by atoms with Crippen LogP contribution in [0.4, 0.5) is 5.69 Å². The van der Waals surface area contributed by atoms with Crippen molar-refractivity contribution in [1.29, 1.82) is 0 Å². The SMILES string of the molecule is COc1cccc(C[C@@H]2S/C(=N/N=C\c3ccc([N+](=O)[O-])cc3)NC2=O)c1. The van der Waals surface area contributed by atoms with Gasteiger partial charge in [-0.3, -0.25) is 14.9 Å². The third-order valence-electron chi connectivity index (χ3n) is 3.79. The molecule has 0 spiro atoms. The van der Waals surface area contributed by atoms with E-state index in [1.165, 1.54) is 30.1 Å². The predicted octanol–water partition coefficient (Wildman–Crippen LogP) is 2.77. The minimum Gasteiger partial charge on any atom is -0.497 e. The number of methoxy groups -OCH3 is 1. The molecule has 1 atom stereocenters. The van der Waals surface area contributed by atoms with Crippen molar-refractivity contribution in [3.63, 3.8) is 0 Å². The van der Waals surface area contributed by atoms with E-state index >= 15 is 0 Å². The molecule has 138 valence electrons. The molecule has 2 aromatic carbocycles. The molecule has 3 rings (SSSR count). The summed E-state index contributed by atoms with van der Waals surface area (Å²) in [6.07, 6.45) is 2.03. The first-order valence-electron chi connectivity index (χ1n) is 8.01. The lowest BCUT2D eigenvalue weighted by molar-refractivity contribution is -0.384. The number of nitrogens with one attached hydrogen (secondary N) is 1. The van der Waals surface area contributed by atoms with Gasteiger partial charge in [-0.2, -0.15) is 5.10 Å². The maximum atomic E-state index is 12.1. The van der Waals surface area contributed by atoms with E-state index in [1.807, 2.05) is 24.3 Å². The zero-order valence-electron chi connectivity index (χ0n) is 14.4. The van der Waals surface area contributed by atoms with Gasteiger partial charge in [0.05, 0.1) is 23.5 Å². The number of rotatable bonds is 6. The van der Waals surface area contributed by atoms with Crippen LogP contribution in [-0.4, -0.2) is 34.6 Å². The molecule has 1 fully saturated rings. The molecule has 0 unspecified atom stereocenters. The van der Waals surface area contributed by atoms with Crippen molar-refractivity contribution in [3.8, 4) is 5.75 Å². The maximum absolute atomic E-state index is 12.1. The minimum atomic E-state index is -0.464. The van der Waals surface area contributed by atoms with Crippen molar-refractivity contribution in [2.45, 2.75) is 11.7 Å². The number of carbonyl (C=O) groups excluding carboxylic acids is 1. The van der Waals surface area contributed by atoms with Gasteiger partial charge in [0.1, 0.15) is 5.75 Å². The van der Waals surface area contributed by atoms with Crippen LogP contribution >= 0.6 is 11.8 Å². The highest BCUT2D eigenvalue weighted by atomic mass is 32.2. The first-order valence-corrected chi connectivity index (χ1v) is 8.89. The van der Waals surface area contributed by atoms with Gasteiger partial charge < -0.3 is 10.1 Å². The summed E-state index contributed by atoms with van der Waals surface area (Å²) in [5.41, 5.74) is 1.68. The van der Waals surface area contributed by atoms with Gasteiger partial charge in [0.25, 0.3) is 5.69 Å². The molecule has 8 nitrogen and oxygen atoms in total. The number of hydrogen-bond donors (Lipinski definition) is 1. The van der Waals surface area contributed by atoms with E-state index in [0.29, 0.717) is 17.2 Å². The van der Waals surface area contributed by atoms with Crippen molar-refractivity contribution >= 4 is 34.7 Å². The van der Waals surface area contributed by atoms with Crippen LogP contribution in [0, 0.1) is 10.1 Å². The van der Waals surface area contributed by atoms with Gasteiger partial charge in [-0.15, -0.1) is 5.10 Å². The smallest absolute Gasteiger partial charge is 0.269 e. The van der Waals surface area contributed by atoms with E-state index in [-0.39, 0.29) is 16.8 Å².